The first-order valence-corrected chi connectivity index (χ1v) is 17.0. The van der Waals surface area contributed by atoms with Crippen LogP contribution in [0.3, 0.4) is 0 Å². The fourth-order valence-electron chi connectivity index (χ4n) is 7.73. The van der Waals surface area contributed by atoms with Crippen molar-refractivity contribution in [2.45, 2.75) is 28.5 Å². The lowest BCUT2D eigenvalue weighted by Crippen LogP contribution is -2.60. The van der Waals surface area contributed by atoms with Gasteiger partial charge in [0.2, 0.25) is 17.6 Å². The number of phenolic OH excluding ortho intramolecular Hbond substituents is 1. The highest BCUT2D eigenvalue weighted by molar-refractivity contribution is 9.10. The van der Waals surface area contributed by atoms with Gasteiger partial charge in [0.1, 0.15) is 5.69 Å². The van der Waals surface area contributed by atoms with E-state index in [0.29, 0.717) is 4.47 Å². The van der Waals surface area contributed by atoms with Gasteiger partial charge < -0.3 is 9.84 Å². The molecule has 0 radical (unpaired) electrons. The standard InChI is InChI=1S/C33H19Br2Cl2F5N2O6/c1-50-18-9-12(35)8-16(27(18)45)20-14-6-7-15-19(29(47)43(28(15)46)13-4-2-11(34)3-5-13)17(14)10-32(36)30(48)44(31(49)33(20,32)37)26-24(41)22(39)21(38)23(40)25(26)42/h2-6,8-9,15,17,19-20,45H,7,10H2,1H3. The number of halogens is 9. The second-order valence-electron chi connectivity index (χ2n) is 12.2. The predicted molar refractivity (Wildman–Crippen MR) is 175 cm³/mol. The first-order valence-electron chi connectivity index (χ1n) is 14.7. The van der Waals surface area contributed by atoms with Crippen LogP contribution in [-0.4, -0.2) is 45.6 Å². The third-order valence-corrected chi connectivity index (χ3v) is 12.3. The molecule has 6 atom stereocenters. The average molecular weight is 865 g/mol. The molecule has 260 valence electrons. The Morgan fingerprint density at radius 2 is 1.42 bits per heavy atom. The molecule has 0 spiro atoms. The summed E-state index contributed by atoms with van der Waals surface area (Å²) in [7, 11) is 1.22. The van der Waals surface area contributed by atoms with Crippen LogP contribution in [0.2, 0.25) is 0 Å². The van der Waals surface area contributed by atoms with Gasteiger partial charge in [-0.2, -0.15) is 0 Å². The number of methoxy groups -OCH3 is 1. The van der Waals surface area contributed by atoms with E-state index in [1.54, 1.807) is 12.1 Å². The molecule has 17 heteroatoms. The second-order valence-corrected chi connectivity index (χ2v) is 15.3. The molecule has 6 unspecified atom stereocenters. The molecule has 50 heavy (non-hydrogen) atoms. The van der Waals surface area contributed by atoms with Crippen LogP contribution < -0.4 is 14.5 Å². The maximum absolute atomic E-state index is 15.2. The molecule has 4 amide bonds. The number of alkyl halides is 2. The van der Waals surface area contributed by atoms with E-state index in [1.807, 2.05) is 0 Å². The summed E-state index contributed by atoms with van der Waals surface area (Å²) < 4.78 is 79.6. The monoisotopic (exact) mass is 862 g/mol. The number of imide groups is 2. The van der Waals surface area contributed by atoms with Gasteiger partial charge >= 0.3 is 0 Å². The molecular formula is C33H19Br2Cl2F5N2O6. The predicted octanol–water partition coefficient (Wildman–Crippen LogP) is 7.39. The van der Waals surface area contributed by atoms with Crippen molar-refractivity contribution < 1.29 is 51.0 Å². The molecule has 3 aromatic carbocycles. The largest absolute Gasteiger partial charge is 0.504 e. The van der Waals surface area contributed by atoms with Crippen LogP contribution >= 0.6 is 55.1 Å². The number of rotatable bonds is 4. The van der Waals surface area contributed by atoms with Crippen molar-refractivity contribution in [2.75, 3.05) is 16.9 Å². The Kier molecular flexibility index (Phi) is 8.20. The van der Waals surface area contributed by atoms with Crippen molar-refractivity contribution >= 4 is 90.1 Å². The quantitative estimate of drug-likeness (QED) is 0.0734. The summed E-state index contributed by atoms with van der Waals surface area (Å²) in [6.07, 6.45) is 0.776. The van der Waals surface area contributed by atoms with Gasteiger partial charge in [0.05, 0.1) is 24.6 Å². The van der Waals surface area contributed by atoms with Crippen molar-refractivity contribution in [3.05, 3.63) is 91.6 Å². The van der Waals surface area contributed by atoms with Gasteiger partial charge in [-0.25, -0.2) is 26.9 Å². The number of hydrogen-bond donors (Lipinski definition) is 1. The minimum Gasteiger partial charge on any atom is -0.504 e. The van der Waals surface area contributed by atoms with E-state index >= 15 is 8.78 Å². The zero-order valence-corrected chi connectivity index (χ0v) is 29.7. The van der Waals surface area contributed by atoms with Crippen molar-refractivity contribution in [3.63, 3.8) is 0 Å². The molecule has 2 aliphatic carbocycles. The second kappa shape index (κ2) is 11.8. The van der Waals surface area contributed by atoms with Crippen molar-refractivity contribution in [1.82, 2.24) is 0 Å². The van der Waals surface area contributed by atoms with E-state index in [1.165, 1.54) is 37.5 Å². The summed E-state index contributed by atoms with van der Waals surface area (Å²) >= 11 is 20.9. The lowest BCUT2D eigenvalue weighted by atomic mass is 9.56. The molecule has 0 aromatic heterocycles. The topological polar surface area (TPSA) is 104 Å². The van der Waals surface area contributed by atoms with Crippen LogP contribution in [0, 0.1) is 46.8 Å². The first kappa shape index (κ1) is 34.9. The molecular weight excluding hydrogens is 846 g/mol. The zero-order chi connectivity index (χ0) is 36.4. The molecule has 2 heterocycles. The lowest BCUT2D eigenvalue weighted by Gasteiger charge is -2.50. The fourth-order valence-corrected chi connectivity index (χ4v) is 9.37. The minimum absolute atomic E-state index is 0.0672. The Morgan fingerprint density at radius 3 is 2.02 bits per heavy atom. The van der Waals surface area contributed by atoms with Crippen LogP contribution in [0.5, 0.6) is 11.5 Å². The number of anilines is 2. The lowest BCUT2D eigenvalue weighted by molar-refractivity contribution is -0.125. The number of phenols is 1. The smallest absolute Gasteiger partial charge is 0.258 e. The normalized spacial score (nSPS) is 28.9. The molecule has 1 N–H and O–H groups in total. The van der Waals surface area contributed by atoms with E-state index in [4.69, 9.17) is 27.9 Å². The van der Waals surface area contributed by atoms with Crippen LogP contribution in [0.1, 0.15) is 24.3 Å². The number of benzene rings is 3. The van der Waals surface area contributed by atoms with Crippen LogP contribution in [0.25, 0.3) is 0 Å². The first-order chi connectivity index (χ1) is 23.5. The summed E-state index contributed by atoms with van der Waals surface area (Å²) in [5.74, 6) is -22.7. The zero-order valence-electron chi connectivity index (χ0n) is 25.0. The molecule has 2 aliphatic heterocycles. The Morgan fingerprint density at radius 1 is 0.820 bits per heavy atom. The highest BCUT2D eigenvalue weighted by Crippen LogP contribution is 2.67. The number of carbonyl (C=O) groups excluding carboxylic acids is 4. The molecule has 0 bridgehead atoms. The number of ether oxygens (including phenoxy) is 1. The van der Waals surface area contributed by atoms with Crippen molar-refractivity contribution in [2.24, 2.45) is 17.8 Å². The minimum atomic E-state index is -2.80. The number of fused-ring (bicyclic) bond motifs is 4. The Balaban J connectivity index is 1.46. The van der Waals surface area contributed by atoms with E-state index < -0.39 is 104 Å². The van der Waals surface area contributed by atoms with Gasteiger partial charge in [-0.1, -0.05) is 43.5 Å². The molecule has 1 saturated carbocycles. The molecule has 3 aromatic rings. The molecule has 8 nitrogen and oxygen atoms in total. The van der Waals surface area contributed by atoms with E-state index in [9.17, 15) is 37.5 Å². The SMILES string of the molecule is COc1cc(Br)cc(C2C3=CCC4C(=O)N(c5ccc(Br)cc5)C(=O)C4C3CC3(Cl)C(=O)N(c4c(F)c(F)c(F)c(F)c4F)C(=O)C23Cl)c1O. The Labute approximate surface area is 306 Å². The van der Waals surface area contributed by atoms with Crippen molar-refractivity contribution in [3.8, 4) is 11.5 Å². The number of nitrogens with zero attached hydrogens (tertiary/aromatic N) is 2. The number of hydrogen-bond acceptors (Lipinski definition) is 6. The number of carbonyl (C=O) groups is 4. The summed E-state index contributed by atoms with van der Waals surface area (Å²) in [5, 5.41) is 11.4. The fraction of sp³-hybridized carbons (Fsp3) is 0.273. The van der Waals surface area contributed by atoms with Gasteiger partial charge in [-0.05, 0) is 55.2 Å². The van der Waals surface area contributed by atoms with Crippen LogP contribution in [-0.2, 0) is 19.2 Å². The summed E-state index contributed by atoms with van der Waals surface area (Å²) in [5.41, 5.74) is -1.67. The van der Waals surface area contributed by atoms with Gasteiger partial charge in [0, 0.05) is 20.4 Å². The summed E-state index contributed by atoms with van der Waals surface area (Å²) in [6, 6.07) is 8.98. The third kappa shape index (κ3) is 4.45. The Hall–Kier alpha value is -3.53. The van der Waals surface area contributed by atoms with E-state index in [2.05, 4.69) is 31.9 Å². The molecule has 7 rings (SSSR count). The maximum atomic E-state index is 15.2. The number of aromatic hydroxyl groups is 1. The highest BCUT2D eigenvalue weighted by atomic mass is 79.9. The van der Waals surface area contributed by atoms with Crippen molar-refractivity contribution in [1.29, 1.82) is 0 Å². The van der Waals surface area contributed by atoms with Crippen LogP contribution in [0.15, 0.2) is 57.0 Å². The van der Waals surface area contributed by atoms with Gasteiger partial charge in [0.15, 0.2) is 44.5 Å². The van der Waals surface area contributed by atoms with Gasteiger partial charge in [-0.15, -0.1) is 23.2 Å². The number of allylic oxidation sites excluding steroid dienone is 2. The molecule has 3 fully saturated rings. The molecule has 4 aliphatic rings. The molecule has 2 saturated heterocycles. The third-order valence-electron chi connectivity index (χ3n) is 9.91. The highest BCUT2D eigenvalue weighted by Gasteiger charge is 2.77. The number of amides is 4. The van der Waals surface area contributed by atoms with Crippen LogP contribution in [0.4, 0.5) is 33.3 Å². The Bertz CT molecular complexity index is 2090. The summed E-state index contributed by atoms with van der Waals surface area (Å²) in [6.45, 7) is 0. The van der Waals surface area contributed by atoms with E-state index in [-0.39, 0.29) is 38.4 Å². The summed E-state index contributed by atoms with van der Waals surface area (Å²) in [4.78, 5) is 51.9. The van der Waals surface area contributed by atoms with E-state index in [0.717, 1.165) is 4.90 Å². The maximum Gasteiger partial charge on any atom is 0.258 e. The van der Waals surface area contributed by atoms with Gasteiger partial charge in [-0.3, -0.25) is 24.1 Å². The van der Waals surface area contributed by atoms with Gasteiger partial charge in [0.25, 0.3) is 11.8 Å². The average Bonchev–Trinajstić information content (AvgIpc) is 3.42.